The zero-order chi connectivity index (χ0) is 17.4. The molecule has 4 rings (SSSR count). The fraction of sp³-hybridized carbons (Fsp3) is 0.368. The summed E-state index contributed by atoms with van der Waals surface area (Å²) < 4.78 is 1.08. The minimum Gasteiger partial charge on any atom is -0.348 e. The van der Waals surface area contributed by atoms with Gasteiger partial charge in [-0.1, -0.05) is 11.8 Å². The van der Waals surface area contributed by atoms with Crippen molar-refractivity contribution in [3.63, 3.8) is 0 Å². The average molecular weight is 373 g/mol. The lowest BCUT2D eigenvalue weighted by molar-refractivity contribution is 0.0930. The van der Waals surface area contributed by atoms with E-state index in [1.165, 1.54) is 6.42 Å². The van der Waals surface area contributed by atoms with Crippen molar-refractivity contribution in [2.75, 3.05) is 0 Å². The molecule has 130 valence electrons. The fourth-order valence-electron chi connectivity index (χ4n) is 3.58. The zero-order valence-electron chi connectivity index (χ0n) is 14.0. The summed E-state index contributed by atoms with van der Waals surface area (Å²) in [6.07, 6.45) is 3.44. The number of fused-ring (bicyclic) bond motifs is 2. The first kappa shape index (κ1) is 16.8. The van der Waals surface area contributed by atoms with Gasteiger partial charge in [0.2, 0.25) is 0 Å². The van der Waals surface area contributed by atoms with Crippen LogP contribution in [-0.2, 0) is 0 Å². The van der Waals surface area contributed by atoms with E-state index in [-0.39, 0.29) is 17.7 Å². The molecule has 1 aromatic heterocycles. The van der Waals surface area contributed by atoms with Crippen LogP contribution in [0, 0.1) is 0 Å². The van der Waals surface area contributed by atoms with Gasteiger partial charge in [-0.2, -0.15) is 0 Å². The maximum atomic E-state index is 12.4. The van der Waals surface area contributed by atoms with Crippen LogP contribution in [0.15, 0.2) is 44.8 Å². The van der Waals surface area contributed by atoms with Gasteiger partial charge in [0.25, 0.3) is 5.91 Å². The van der Waals surface area contributed by atoms with E-state index >= 15 is 0 Å². The Balaban J connectivity index is 1.37. The molecule has 2 aromatic rings. The average Bonchev–Trinajstić information content (AvgIpc) is 3.32. The molecule has 3 unspecified atom stereocenters. The van der Waals surface area contributed by atoms with Gasteiger partial charge in [-0.15, -0.1) is 11.3 Å². The lowest BCUT2D eigenvalue weighted by Crippen LogP contribution is -2.42. The minimum atomic E-state index is 0.00545. The maximum absolute atomic E-state index is 12.4. The quantitative estimate of drug-likeness (QED) is 0.786. The summed E-state index contributed by atoms with van der Waals surface area (Å²) in [7, 11) is 0. The van der Waals surface area contributed by atoms with Crippen molar-refractivity contribution in [3.8, 4) is 0 Å². The SMILES string of the molecule is CC(=O)c1csc(Sc2ccc(C(=O)NC3CC4CCC3N4)cc2)c1. The second-order valence-corrected chi connectivity index (χ2v) is 8.99. The molecular formula is C19H20N2O2S2. The summed E-state index contributed by atoms with van der Waals surface area (Å²) in [6, 6.07) is 10.9. The molecule has 3 heterocycles. The Morgan fingerprint density at radius 1 is 1.20 bits per heavy atom. The van der Waals surface area contributed by atoms with E-state index in [0.29, 0.717) is 17.6 Å². The summed E-state index contributed by atoms with van der Waals surface area (Å²) >= 11 is 3.18. The van der Waals surface area contributed by atoms with Gasteiger partial charge < -0.3 is 10.6 Å². The molecule has 1 amide bonds. The van der Waals surface area contributed by atoms with Crippen LogP contribution < -0.4 is 10.6 Å². The molecule has 2 bridgehead atoms. The predicted octanol–water partition coefficient (Wildman–Crippen LogP) is 3.72. The Morgan fingerprint density at radius 2 is 2.00 bits per heavy atom. The van der Waals surface area contributed by atoms with Gasteiger partial charge in [0.1, 0.15) is 0 Å². The Morgan fingerprint density at radius 3 is 2.60 bits per heavy atom. The molecule has 1 aromatic carbocycles. The largest absolute Gasteiger partial charge is 0.348 e. The molecule has 2 aliphatic rings. The Kier molecular flexibility index (Phi) is 4.67. The van der Waals surface area contributed by atoms with Crippen molar-refractivity contribution in [1.29, 1.82) is 0 Å². The molecule has 6 heteroatoms. The number of amides is 1. The normalized spacial score (nSPS) is 24.4. The predicted molar refractivity (Wildman–Crippen MR) is 101 cm³/mol. The van der Waals surface area contributed by atoms with Gasteiger partial charge in [-0.05, 0) is 56.5 Å². The third kappa shape index (κ3) is 3.66. The number of hydrogen-bond acceptors (Lipinski definition) is 5. The van der Waals surface area contributed by atoms with E-state index in [1.807, 2.05) is 35.7 Å². The summed E-state index contributed by atoms with van der Waals surface area (Å²) in [5, 5.41) is 8.59. The Hall–Kier alpha value is -1.63. The second kappa shape index (κ2) is 6.94. The number of carbonyl (C=O) groups is 2. The van der Waals surface area contributed by atoms with Crippen molar-refractivity contribution in [3.05, 3.63) is 46.8 Å². The van der Waals surface area contributed by atoms with Crippen LogP contribution >= 0.6 is 23.1 Å². The summed E-state index contributed by atoms with van der Waals surface area (Å²) in [6.45, 7) is 1.58. The lowest BCUT2D eigenvalue weighted by atomic mass is 9.95. The highest BCUT2D eigenvalue weighted by molar-refractivity contribution is 8.01. The molecule has 25 heavy (non-hydrogen) atoms. The van der Waals surface area contributed by atoms with Gasteiger partial charge in [-0.25, -0.2) is 0 Å². The minimum absolute atomic E-state index is 0.00545. The van der Waals surface area contributed by atoms with Gasteiger partial charge in [0.15, 0.2) is 5.78 Å². The van der Waals surface area contributed by atoms with E-state index in [9.17, 15) is 9.59 Å². The van der Waals surface area contributed by atoms with Crippen LogP contribution in [0.2, 0.25) is 0 Å². The Labute approximate surface area is 155 Å². The highest BCUT2D eigenvalue weighted by Gasteiger charge is 2.39. The second-order valence-electron chi connectivity index (χ2n) is 6.70. The standard InChI is InChI=1S/C19H20N2O2S2/c1-11(22)13-8-18(24-10-13)25-15-5-2-12(3-6-15)19(23)21-17-9-14-4-7-16(17)20-14/h2-3,5-6,8,10,14,16-17,20H,4,7,9H2,1H3,(H,21,23). The number of thiophene rings is 1. The first-order valence-electron chi connectivity index (χ1n) is 8.53. The van der Waals surface area contributed by atoms with Crippen molar-refractivity contribution in [2.45, 2.75) is 53.4 Å². The van der Waals surface area contributed by atoms with Gasteiger partial charge in [-0.3, -0.25) is 9.59 Å². The highest BCUT2D eigenvalue weighted by Crippen LogP contribution is 2.33. The molecule has 0 saturated carbocycles. The van der Waals surface area contributed by atoms with Crippen LogP contribution in [0.4, 0.5) is 0 Å². The monoisotopic (exact) mass is 372 g/mol. The number of benzene rings is 1. The first-order valence-corrected chi connectivity index (χ1v) is 10.2. The molecule has 2 fully saturated rings. The van der Waals surface area contributed by atoms with Gasteiger partial charge in [0, 0.05) is 39.5 Å². The van der Waals surface area contributed by atoms with E-state index in [4.69, 9.17) is 0 Å². The molecule has 3 atom stereocenters. The molecule has 4 nitrogen and oxygen atoms in total. The van der Waals surface area contributed by atoms with E-state index < -0.39 is 0 Å². The van der Waals surface area contributed by atoms with E-state index in [2.05, 4.69) is 10.6 Å². The number of hydrogen-bond donors (Lipinski definition) is 2. The van der Waals surface area contributed by atoms with Crippen LogP contribution in [0.25, 0.3) is 0 Å². The first-order chi connectivity index (χ1) is 12.1. The van der Waals surface area contributed by atoms with E-state index in [1.54, 1.807) is 30.0 Å². The number of Topliss-reactive ketones (excluding diaryl/α,β-unsaturated/α-hetero) is 1. The number of carbonyl (C=O) groups excluding carboxylic acids is 2. The summed E-state index contributed by atoms with van der Waals surface area (Å²) in [4.78, 5) is 24.9. The topological polar surface area (TPSA) is 58.2 Å². The van der Waals surface area contributed by atoms with Crippen molar-refractivity contribution in [1.82, 2.24) is 10.6 Å². The molecule has 2 N–H and O–H groups in total. The highest BCUT2D eigenvalue weighted by atomic mass is 32.2. The van der Waals surface area contributed by atoms with Crippen LogP contribution in [0.1, 0.15) is 46.9 Å². The number of ketones is 1. The third-order valence-corrected chi connectivity index (χ3v) is 7.02. The van der Waals surface area contributed by atoms with Gasteiger partial charge in [0.05, 0.1) is 4.21 Å². The van der Waals surface area contributed by atoms with E-state index in [0.717, 1.165) is 27.5 Å². The molecule has 2 aliphatic heterocycles. The molecule has 0 aliphatic carbocycles. The van der Waals surface area contributed by atoms with Crippen molar-refractivity contribution >= 4 is 34.8 Å². The number of rotatable bonds is 5. The fourth-order valence-corrected chi connectivity index (χ4v) is 5.57. The summed E-state index contributed by atoms with van der Waals surface area (Å²) in [5.74, 6) is 0.0936. The zero-order valence-corrected chi connectivity index (χ0v) is 15.6. The Bertz CT molecular complexity index is 800. The van der Waals surface area contributed by atoms with Crippen LogP contribution in [0.5, 0.6) is 0 Å². The summed E-state index contributed by atoms with van der Waals surface area (Å²) in [5.41, 5.74) is 1.45. The molecular weight excluding hydrogens is 352 g/mol. The smallest absolute Gasteiger partial charge is 0.251 e. The lowest BCUT2D eigenvalue weighted by Gasteiger charge is -2.21. The number of nitrogens with one attached hydrogen (secondary N) is 2. The molecule has 2 saturated heterocycles. The maximum Gasteiger partial charge on any atom is 0.251 e. The molecule has 0 spiro atoms. The third-order valence-electron chi connectivity index (χ3n) is 4.93. The van der Waals surface area contributed by atoms with Crippen LogP contribution in [-0.4, -0.2) is 29.8 Å². The molecule has 0 radical (unpaired) electrons. The van der Waals surface area contributed by atoms with Crippen LogP contribution in [0.3, 0.4) is 0 Å². The van der Waals surface area contributed by atoms with Gasteiger partial charge >= 0.3 is 0 Å². The van der Waals surface area contributed by atoms with Crippen molar-refractivity contribution in [2.24, 2.45) is 0 Å². The van der Waals surface area contributed by atoms with Crippen molar-refractivity contribution < 1.29 is 9.59 Å².